The molecule has 0 aromatic carbocycles. The smallest absolute Gasteiger partial charge is 0.191 e. The van der Waals surface area contributed by atoms with Crippen molar-refractivity contribution >= 4 is 29.9 Å². The highest BCUT2D eigenvalue weighted by atomic mass is 127. The van der Waals surface area contributed by atoms with E-state index in [4.69, 9.17) is 4.99 Å². The first-order chi connectivity index (χ1) is 11.4. The molecular weight excluding hydrogens is 429 g/mol. The molecular formula is C18H34IN5O. The van der Waals surface area contributed by atoms with Crippen molar-refractivity contribution in [2.45, 2.75) is 66.0 Å². The van der Waals surface area contributed by atoms with Gasteiger partial charge in [0.05, 0.1) is 18.3 Å². The minimum atomic E-state index is -0.232. The Bertz CT molecular complexity index is 586. The molecule has 2 rings (SSSR count). The summed E-state index contributed by atoms with van der Waals surface area (Å²) in [7, 11) is 1.96. The average Bonchev–Trinajstić information content (AvgIpc) is 2.78. The quantitative estimate of drug-likeness (QED) is 0.357. The van der Waals surface area contributed by atoms with Gasteiger partial charge in [-0.1, -0.05) is 19.8 Å². The molecule has 1 aromatic heterocycles. The summed E-state index contributed by atoms with van der Waals surface area (Å²) in [4.78, 5) is 4.72. The van der Waals surface area contributed by atoms with Gasteiger partial charge in [-0.2, -0.15) is 5.10 Å². The fourth-order valence-electron chi connectivity index (χ4n) is 3.42. The van der Waals surface area contributed by atoms with Crippen LogP contribution in [0.1, 0.15) is 56.5 Å². The summed E-state index contributed by atoms with van der Waals surface area (Å²) in [6, 6.07) is 0. The molecule has 6 nitrogen and oxygen atoms in total. The minimum absolute atomic E-state index is 0. The van der Waals surface area contributed by atoms with Crippen molar-refractivity contribution in [3.8, 4) is 0 Å². The molecule has 0 saturated heterocycles. The van der Waals surface area contributed by atoms with E-state index in [0.717, 1.165) is 49.7 Å². The van der Waals surface area contributed by atoms with Crippen LogP contribution < -0.4 is 10.6 Å². The summed E-state index contributed by atoms with van der Waals surface area (Å²) in [5.74, 6) is 0.805. The Hall–Kier alpha value is -0.830. The highest BCUT2D eigenvalue weighted by molar-refractivity contribution is 14.0. The number of hydrogen-bond donors (Lipinski definition) is 3. The first-order valence-electron chi connectivity index (χ1n) is 9.06. The molecule has 1 fully saturated rings. The van der Waals surface area contributed by atoms with E-state index in [2.05, 4.69) is 36.5 Å². The van der Waals surface area contributed by atoms with Crippen LogP contribution >= 0.6 is 24.0 Å². The molecule has 2 unspecified atom stereocenters. The lowest BCUT2D eigenvalue weighted by atomic mass is 9.73. The number of guanidine groups is 1. The Morgan fingerprint density at radius 3 is 2.64 bits per heavy atom. The van der Waals surface area contributed by atoms with E-state index in [1.54, 1.807) is 0 Å². The largest absolute Gasteiger partial charge is 0.392 e. The number of rotatable bonds is 5. The Kier molecular flexibility index (Phi) is 8.67. The van der Waals surface area contributed by atoms with Gasteiger partial charge in [-0.3, -0.25) is 4.68 Å². The molecule has 144 valence electrons. The summed E-state index contributed by atoms with van der Waals surface area (Å²) in [5, 5.41) is 21.5. The van der Waals surface area contributed by atoms with Gasteiger partial charge in [0.2, 0.25) is 0 Å². The van der Waals surface area contributed by atoms with E-state index in [1.165, 1.54) is 12.0 Å². The molecule has 2 atom stereocenters. The fraction of sp³-hybridized carbons (Fsp3) is 0.778. The van der Waals surface area contributed by atoms with Crippen molar-refractivity contribution in [2.24, 2.45) is 17.5 Å². The van der Waals surface area contributed by atoms with Crippen LogP contribution in [-0.2, 0) is 13.6 Å². The third-order valence-electron chi connectivity index (χ3n) is 5.34. The first kappa shape index (κ1) is 22.2. The SMILES string of the molecule is CCNC(=NCc1c(C)nn(C)c1C)NCC1(C)CCCCC1O.I. The van der Waals surface area contributed by atoms with Gasteiger partial charge in [-0.15, -0.1) is 24.0 Å². The second-order valence-electron chi connectivity index (χ2n) is 7.24. The van der Waals surface area contributed by atoms with Crippen LogP contribution in [0.5, 0.6) is 0 Å². The number of halogens is 1. The monoisotopic (exact) mass is 463 g/mol. The minimum Gasteiger partial charge on any atom is -0.392 e. The lowest BCUT2D eigenvalue weighted by Crippen LogP contribution is -2.48. The summed E-state index contributed by atoms with van der Waals surface area (Å²) in [6.07, 6.45) is 4.05. The zero-order valence-electron chi connectivity index (χ0n) is 16.2. The maximum absolute atomic E-state index is 10.3. The number of aryl methyl sites for hydroxylation is 2. The van der Waals surface area contributed by atoms with Crippen LogP contribution in [0.15, 0.2) is 4.99 Å². The second kappa shape index (κ2) is 9.75. The number of aliphatic imine (C=N–C) groups is 1. The molecule has 0 aliphatic heterocycles. The van der Waals surface area contributed by atoms with Gasteiger partial charge in [-0.05, 0) is 33.6 Å². The summed E-state index contributed by atoms with van der Waals surface area (Å²) >= 11 is 0. The molecule has 1 aliphatic rings. The number of aromatic nitrogens is 2. The Morgan fingerprint density at radius 2 is 2.08 bits per heavy atom. The van der Waals surface area contributed by atoms with Gasteiger partial charge in [0.15, 0.2) is 5.96 Å². The summed E-state index contributed by atoms with van der Waals surface area (Å²) in [6.45, 7) is 10.5. The van der Waals surface area contributed by atoms with Crippen molar-refractivity contribution in [1.29, 1.82) is 0 Å². The van der Waals surface area contributed by atoms with Gasteiger partial charge in [-0.25, -0.2) is 4.99 Å². The van der Waals surface area contributed by atoms with E-state index in [1.807, 2.05) is 18.7 Å². The van der Waals surface area contributed by atoms with E-state index in [0.29, 0.717) is 6.54 Å². The standard InChI is InChI=1S/C18H33N5O.HI/c1-6-19-17(20-11-15-13(2)22-23(5)14(15)3)21-12-18(4)10-8-7-9-16(18)24;/h16,24H,6-12H2,1-5H3,(H2,19,20,21);1H. The number of aliphatic hydroxyl groups excluding tert-OH is 1. The van der Waals surface area contributed by atoms with Crippen molar-refractivity contribution in [2.75, 3.05) is 13.1 Å². The molecule has 1 aromatic rings. The average molecular weight is 463 g/mol. The molecule has 0 bridgehead atoms. The molecule has 7 heteroatoms. The van der Waals surface area contributed by atoms with Gasteiger partial charge in [0.25, 0.3) is 0 Å². The topological polar surface area (TPSA) is 74.5 Å². The van der Waals surface area contributed by atoms with Crippen molar-refractivity contribution < 1.29 is 5.11 Å². The zero-order chi connectivity index (χ0) is 17.7. The van der Waals surface area contributed by atoms with E-state index in [-0.39, 0.29) is 35.5 Å². The van der Waals surface area contributed by atoms with Crippen molar-refractivity contribution in [3.05, 3.63) is 17.0 Å². The third-order valence-corrected chi connectivity index (χ3v) is 5.34. The van der Waals surface area contributed by atoms with Crippen LogP contribution in [0, 0.1) is 19.3 Å². The van der Waals surface area contributed by atoms with Gasteiger partial charge < -0.3 is 15.7 Å². The molecule has 0 amide bonds. The maximum Gasteiger partial charge on any atom is 0.191 e. The Balaban J connectivity index is 0.00000312. The fourth-order valence-corrected chi connectivity index (χ4v) is 3.42. The first-order valence-corrected chi connectivity index (χ1v) is 9.06. The predicted octanol–water partition coefficient (Wildman–Crippen LogP) is 2.65. The van der Waals surface area contributed by atoms with Crippen LogP contribution in [-0.4, -0.2) is 40.0 Å². The summed E-state index contributed by atoms with van der Waals surface area (Å²) < 4.78 is 1.90. The summed E-state index contributed by atoms with van der Waals surface area (Å²) in [5.41, 5.74) is 3.29. The maximum atomic E-state index is 10.3. The molecule has 1 heterocycles. The van der Waals surface area contributed by atoms with Crippen LogP contribution in [0.4, 0.5) is 0 Å². The number of hydrogen-bond acceptors (Lipinski definition) is 3. The van der Waals surface area contributed by atoms with Crippen LogP contribution in [0.2, 0.25) is 0 Å². The lowest BCUT2D eigenvalue weighted by molar-refractivity contribution is 0.00397. The van der Waals surface area contributed by atoms with E-state index >= 15 is 0 Å². The Morgan fingerprint density at radius 1 is 1.36 bits per heavy atom. The van der Waals surface area contributed by atoms with Crippen LogP contribution in [0.3, 0.4) is 0 Å². The van der Waals surface area contributed by atoms with Gasteiger partial charge in [0.1, 0.15) is 0 Å². The van der Waals surface area contributed by atoms with Crippen molar-refractivity contribution in [3.63, 3.8) is 0 Å². The molecule has 0 spiro atoms. The zero-order valence-corrected chi connectivity index (χ0v) is 18.6. The highest BCUT2D eigenvalue weighted by Crippen LogP contribution is 2.35. The van der Waals surface area contributed by atoms with E-state index < -0.39 is 0 Å². The van der Waals surface area contributed by atoms with Crippen LogP contribution in [0.25, 0.3) is 0 Å². The van der Waals surface area contributed by atoms with Gasteiger partial charge in [0, 0.05) is 36.8 Å². The number of nitrogens with zero attached hydrogens (tertiary/aromatic N) is 3. The molecule has 3 N–H and O–H groups in total. The van der Waals surface area contributed by atoms with Gasteiger partial charge >= 0.3 is 0 Å². The third kappa shape index (κ3) is 5.57. The molecule has 1 saturated carbocycles. The number of nitrogens with one attached hydrogen (secondary N) is 2. The predicted molar refractivity (Wildman–Crippen MR) is 113 cm³/mol. The Labute approximate surface area is 168 Å². The second-order valence-corrected chi connectivity index (χ2v) is 7.24. The molecule has 1 aliphatic carbocycles. The highest BCUT2D eigenvalue weighted by Gasteiger charge is 2.35. The van der Waals surface area contributed by atoms with Crippen molar-refractivity contribution in [1.82, 2.24) is 20.4 Å². The van der Waals surface area contributed by atoms with E-state index in [9.17, 15) is 5.11 Å². The lowest BCUT2D eigenvalue weighted by Gasteiger charge is -2.38. The number of aliphatic hydroxyl groups is 1. The normalized spacial score (nSPS) is 23.9. The molecule has 25 heavy (non-hydrogen) atoms. The molecule has 0 radical (unpaired) electrons.